The number of benzene rings is 2. The van der Waals surface area contributed by atoms with Crippen LogP contribution in [0, 0.1) is 22.0 Å². The number of likely N-dealkylation sites (tertiary alicyclic amines) is 1. The number of allylic oxidation sites excluding steroid dienone is 1. The lowest BCUT2D eigenvalue weighted by Crippen LogP contribution is -2.52. The molecule has 0 radical (unpaired) electrons. The number of carbonyl (C=O) groups is 3. The summed E-state index contributed by atoms with van der Waals surface area (Å²) >= 11 is 0. The van der Waals surface area contributed by atoms with Crippen LogP contribution in [0.25, 0.3) is 5.57 Å². The second-order valence-corrected chi connectivity index (χ2v) is 10.1. The molecular weight excluding hydrogens is 434 g/mol. The maximum atomic E-state index is 13.9. The molecule has 3 heterocycles. The van der Waals surface area contributed by atoms with Crippen LogP contribution < -0.4 is 4.90 Å². The Morgan fingerprint density at radius 1 is 0.971 bits per heavy atom. The summed E-state index contributed by atoms with van der Waals surface area (Å²) in [5.74, 6) is -2.45. The first kappa shape index (κ1) is 22.0. The lowest BCUT2D eigenvalue weighted by Gasteiger charge is -2.39. The number of Topliss-reactive ketones (excluding diaryl/α,β-unsaturated/α-hetero) is 1. The molecule has 4 atom stereocenters. The maximum absolute atomic E-state index is 13.9. The number of para-hydroxylation sites is 1. The van der Waals surface area contributed by atoms with Crippen LogP contribution >= 0.6 is 0 Å². The Morgan fingerprint density at radius 2 is 1.59 bits per heavy atom. The molecule has 0 unspecified atom stereocenters. The Kier molecular flexibility index (Phi) is 4.76. The highest BCUT2D eigenvalue weighted by Crippen LogP contribution is 2.51. The molecule has 3 aliphatic rings. The van der Waals surface area contributed by atoms with Crippen LogP contribution in [0.3, 0.4) is 0 Å². The fourth-order valence-corrected chi connectivity index (χ4v) is 5.68. The van der Waals surface area contributed by atoms with Gasteiger partial charge in [-0.05, 0) is 51.5 Å². The van der Waals surface area contributed by atoms with E-state index in [1.165, 1.54) is 29.2 Å². The zero-order chi connectivity index (χ0) is 24.5. The molecule has 2 aromatic carbocycles. The van der Waals surface area contributed by atoms with Gasteiger partial charge >= 0.3 is 0 Å². The summed E-state index contributed by atoms with van der Waals surface area (Å²) in [6.45, 7) is 7.41. The number of imide groups is 1. The first-order valence-electron chi connectivity index (χ1n) is 11.2. The minimum absolute atomic E-state index is 0.119. The number of nitrogens with zero attached hydrogens (tertiary/aromatic N) is 3. The van der Waals surface area contributed by atoms with Gasteiger partial charge in [-0.25, -0.2) is 0 Å². The van der Waals surface area contributed by atoms with Crippen LogP contribution in [-0.2, 0) is 9.59 Å². The Morgan fingerprint density at radius 3 is 2.21 bits per heavy atom. The molecule has 34 heavy (non-hydrogen) atoms. The standard InChI is InChI=1S/C26H25N3O5/c1-14-13-19-20-21(25(32)28(24(20)31)26(2,3)4)22(27(19)18-8-6-5-7-17(14)18)23(30)15-9-11-16(12-10-15)29(33)34/h5-13,19-22H,1-4H3/t19-,20-,21+,22-/m1/s1. The summed E-state index contributed by atoms with van der Waals surface area (Å²) in [7, 11) is 0. The van der Waals surface area contributed by atoms with Crippen molar-refractivity contribution in [2.75, 3.05) is 4.90 Å². The van der Waals surface area contributed by atoms with Crippen molar-refractivity contribution < 1.29 is 19.3 Å². The number of ketones is 1. The molecule has 2 fully saturated rings. The SMILES string of the molecule is CC1=C[C@@H]2[C@H]3C(=O)N(C(C)(C)C)C(=O)[C@@H]3[C@H](C(=O)c3ccc([N+](=O)[O-])cc3)N2c2ccccc21. The number of hydrogen-bond acceptors (Lipinski definition) is 6. The van der Waals surface area contributed by atoms with Crippen molar-refractivity contribution in [1.82, 2.24) is 4.90 Å². The molecular formula is C26H25N3O5. The van der Waals surface area contributed by atoms with Crippen molar-refractivity contribution >= 4 is 34.5 Å². The molecule has 0 spiro atoms. The Hall–Kier alpha value is -3.81. The van der Waals surface area contributed by atoms with Gasteiger partial charge in [-0.3, -0.25) is 29.4 Å². The number of anilines is 1. The number of nitro groups is 1. The van der Waals surface area contributed by atoms with Crippen molar-refractivity contribution in [3.05, 3.63) is 75.8 Å². The van der Waals surface area contributed by atoms with Crippen molar-refractivity contribution in [3.8, 4) is 0 Å². The van der Waals surface area contributed by atoms with Crippen LogP contribution in [0.4, 0.5) is 11.4 Å². The third-order valence-electron chi connectivity index (χ3n) is 7.06. The van der Waals surface area contributed by atoms with Crippen molar-refractivity contribution in [3.63, 3.8) is 0 Å². The molecule has 0 aromatic heterocycles. The highest BCUT2D eigenvalue weighted by molar-refractivity contribution is 6.14. The molecule has 174 valence electrons. The molecule has 2 amide bonds. The molecule has 8 nitrogen and oxygen atoms in total. The summed E-state index contributed by atoms with van der Waals surface area (Å²) in [5.41, 5.74) is 2.20. The smallest absolute Gasteiger partial charge is 0.269 e. The van der Waals surface area contributed by atoms with Gasteiger partial charge < -0.3 is 4.90 Å². The fourth-order valence-electron chi connectivity index (χ4n) is 5.68. The van der Waals surface area contributed by atoms with Crippen LogP contribution in [0.1, 0.15) is 43.6 Å². The van der Waals surface area contributed by atoms with Crippen LogP contribution in [0.15, 0.2) is 54.6 Å². The first-order valence-corrected chi connectivity index (χ1v) is 11.2. The van der Waals surface area contributed by atoms with E-state index >= 15 is 0 Å². The highest BCUT2D eigenvalue weighted by atomic mass is 16.6. The Bertz CT molecular complexity index is 1270. The largest absolute Gasteiger partial charge is 0.352 e. The molecule has 0 N–H and O–H groups in total. The topological polar surface area (TPSA) is 101 Å². The van der Waals surface area contributed by atoms with Gasteiger partial charge in [-0.15, -0.1) is 0 Å². The molecule has 8 heteroatoms. The van der Waals surface area contributed by atoms with Gasteiger partial charge in [0, 0.05) is 34.5 Å². The van der Waals surface area contributed by atoms with E-state index in [4.69, 9.17) is 0 Å². The van der Waals surface area contributed by atoms with Crippen molar-refractivity contribution in [2.24, 2.45) is 11.8 Å². The number of non-ortho nitro benzene ring substituents is 1. The van der Waals surface area contributed by atoms with Gasteiger partial charge in [0.15, 0.2) is 5.78 Å². The van der Waals surface area contributed by atoms with E-state index in [2.05, 4.69) is 0 Å². The number of carbonyl (C=O) groups excluding carboxylic acids is 3. The van der Waals surface area contributed by atoms with Crippen molar-refractivity contribution in [2.45, 2.75) is 45.3 Å². The molecule has 0 aliphatic carbocycles. The van der Waals surface area contributed by atoms with E-state index in [9.17, 15) is 24.5 Å². The molecule has 2 saturated heterocycles. The van der Waals surface area contributed by atoms with Gasteiger partial charge in [-0.1, -0.05) is 24.3 Å². The monoisotopic (exact) mass is 459 g/mol. The van der Waals surface area contributed by atoms with E-state index in [1.807, 2.05) is 62.9 Å². The van der Waals surface area contributed by atoms with Gasteiger partial charge in [0.2, 0.25) is 11.8 Å². The average Bonchev–Trinajstić information content (AvgIpc) is 3.26. The number of rotatable bonds is 3. The lowest BCUT2D eigenvalue weighted by molar-refractivity contribution is -0.384. The zero-order valence-corrected chi connectivity index (χ0v) is 19.4. The quantitative estimate of drug-likeness (QED) is 0.299. The maximum Gasteiger partial charge on any atom is 0.269 e. The van der Waals surface area contributed by atoms with Crippen molar-refractivity contribution in [1.29, 1.82) is 0 Å². The first-order chi connectivity index (χ1) is 16.0. The number of hydrogen-bond donors (Lipinski definition) is 0. The molecule has 2 aromatic rings. The average molecular weight is 460 g/mol. The van der Waals surface area contributed by atoms with Gasteiger partial charge in [0.25, 0.3) is 5.69 Å². The molecule has 0 bridgehead atoms. The lowest BCUT2D eigenvalue weighted by atomic mass is 9.85. The van der Waals surface area contributed by atoms with E-state index in [-0.39, 0.29) is 28.8 Å². The zero-order valence-electron chi connectivity index (χ0n) is 19.4. The molecule has 3 aliphatic heterocycles. The predicted octanol–water partition coefficient (Wildman–Crippen LogP) is 3.85. The second kappa shape index (κ2) is 7.35. The third-order valence-corrected chi connectivity index (χ3v) is 7.06. The van der Waals surface area contributed by atoms with Gasteiger partial charge in [0.1, 0.15) is 6.04 Å². The molecule has 0 saturated carbocycles. The van der Waals surface area contributed by atoms with Crippen LogP contribution in [0.5, 0.6) is 0 Å². The van der Waals surface area contributed by atoms with Crippen LogP contribution in [0.2, 0.25) is 0 Å². The number of fused-ring (bicyclic) bond motifs is 5. The van der Waals surface area contributed by atoms with E-state index < -0.39 is 34.4 Å². The minimum Gasteiger partial charge on any atom is -0.352 e. The second-order valence-electron chi connectivity index (χ2n) is 10.1. The normalized spacial score (nSPS) is 25.6. The van der Waals surface area contributed by atoms with E-state index in [0.717, 1.165) is 16.8 Å². The Labute approximate surface area is 197 Å². The van der Waals surface area contributed by atoms with E-state index in [0.29, 0.717) is 0 Å². The Balaban J connectivity index is 1.67. The number of amides is 2. The van der Waals surface area contributed by atoms with Gasteiger partial charge in [-0.2, -0.15) is 0 Å². The van der Waals surface area contributed by atoms with Crippen LogP contribution in [-0.4, -0.2) is 45.0 Å². The highest BCUT2D eigenvalue weighted by Gasteiger charge is 2.65. The summed E-state index contributed by atoms with van der Waals surface area (Å²) < 4.78 is 0. The molecule has 5 rings (SSSR count). The number of nitro benzene ring substituents is 1. The minimum atomic E-state index is -0.897. The summed E-state index contributed by atoms with van der Waals surface area (Å²) in [6, 6.07) is 11.7. The fraction of sp³-hybridized carbons (Fsp3) is 0.346. The third kappa shape index (κ3) is 3.01. The summed E-state index contributed by atoms with van der Waals surface area (Å²) in [4.78, 5) is 55.0. The van der Waals surface area contributed by atoms with Gasteiger partial charge in [0.05, 0.1) is 22.8 Å². The van der Waals surface area contributed by atoms with E-state index in [1.54, 1.807) is 0 Å². The summed E-state index contributed by atoms with van der Waals surface area (Å²) in [6.07, 6.45) is 1.99. The predicted molar refractivity (Wildman–Crippen MR) is 126 cm³/mol. The summed E-state index contributed by atoms with van der Waals surface area (Å²) in [5, 5.41) is 11.1.